The molecule has 5 heteroatoms. The highest BCUT2D eigenvalue weighted by molar-refractivity contribution is 6.29. The molecule has 0 fully saturated rings. The third kappa shape index (κ3) is 3.12. The molecule has 0 bridgehead atoms. The standard InChI is InChI=1S/C16H18O5/c1-4-5-13(17)21-16-14(18)11-7-6-10(20-9(2)3)8-12(11)15(16)19/h6-9,16H,4-5H2,1-3H3. The van der Waals surface area contributed by atoms with Crippen molar-refractivity contribution in [2.75, 3.05) is 0 Å². The third-order valence-corrected chi connectivity index (χ3v) is 3.07. The van der Waals surface area contributed by atoms with Crippen LogP contribution in [0.25, 0.3) is 0 Å². The maximum Gasteiger partial charge on any atom is 0.306 e. The summed E-state index contributed by atoms with van der Waals surface area (Å²) in [5.74, 6) is -0.953. The first-order valence-corrected chi connectivity index (χ1v) is 7.02. The summed E-state index contributed by atoms with van der Waals surface area (Å²) >= 11 is 0. The summed E-state index contributed by atoms with van der Waals surface area (Å²) in [5, 5.41) is 0. The maximum atomic E-state index is 12.2. The highest BCUT2D eigenvalue weighted by atomic mass is 16.6. The lowest BCUT2D eigenvalue weighted by Crippen LogP contribution is -2.28. The zero-order valence-corrected chi connectivity index (χ0v) is 12.3. The van der Waals surface area contributed by atoms with E-state index in [1.54, 1.807) is 12.1 Å². The second kappa shape index (κ2) is 6.08. The molecule has 1 aliphatic rings. The van der Waals surface area contributed by atoms with E-state index in [-0.39, 0.29) is 23.7 Å². The number of fused-ring (bicyclic) bond motifs is 1. The Hall–Kier alpha value is -2.17. The number of carbonyl (C=O) groups is 3. The minimum absolute atomic E-state index is 0.0339. The van der Waals surface area contributed by atoms with Gasteiger partial charge in [0.1, 0.15) is 5.75 Å². The molecule has 0 spiro atoms. The van der Waals surface area contributed by atoms with Crippen LogP contribution in [0.5, 0.6) is 5.75 Å². The molecule has 0 N–H and O–H groups in total. The van der Waals surface area contributed by atoms with Crippen molar-refractivity contribution in [3.8, 4) is 5.75 Å². The minimum atomic E-state index is -1.34. The van der Waals surface area contributed by atoms with Gasteiger partial charge < -0.3 is 9.47 Å². The molecular weight excluding hydrogens is 272 g/mol. The SMILES string of the molecule is CCCC(=O)OC1C(=O)c2ccc(OC(C)C)cc2C1=O. The van der Waals surface area contributed by atoms with Gasteiger partial charge in [0, 0.05) is 17.5 Å². The molecule has 112 valence electrons. The molecule has 1 aliphatic carbocycles. The van der Waals surface area contributed by atoms with Crippen LogP contribution in [0.1, 0.15) is 54.3 Å². The summed E-state index contributed by atoms with van der Waals surface area (Å²) in [6, 6.07) is 4.71. The molecule has 1 atom stereocenters. The lowest BCUT2D eigenvalue weighted by Gasteiger charge is -2.10. The molecule has 0 aliphatic heterocycles. The largest absolute Gasteiger partial charge is 0.491 e. The first-order chi connectivity index (χ1) is 9.93. The van der Waals surface area contributed by atoms with Gasteiger partial charge in [0.2, 0.25) is 17.7 Å². The molecule has 1 aromatic carbocycles. The number of benzene rings is 1. The Morgan fingerprint density at radius 1 is 1.19 bits per heavy atom. The van der Waals surface area contributed by atoms with Crippen molar-refractivity contribution in [3.05, 3.63) is 29.3 Å². The van der Waals surface area contributed by atoms with Crippen LogP contribution in [0.15, 0.2) is 18.2 Å². The summed E-state index contributed by atoms with van der Waals surface area (Å²) in [7, 11) is 0. The molecule has 0 amide bonds. The number of ether oxygens (including phenoxy) is 2. The molecule has 0 radical (unpaired) electrons. The average molecular weight is 290 g/mol. The predicted octanol–water partition coefficient (Wildman–Crippen LogP) is 2.56. The summed E-state index contributed by atoms with van der Waals surface area (Å²) < 4.78 is 10.5. The van der Waals surface area contributed by atoms with E-state index in [9.17, 15) is 14.4 Å². The quantitative estimate of drug-likeness (QED) is 0.615. The van der Waals surface area contributed by atoms with Gasteiger partial charge in [-0.3, -0.25) is 14.4 Å². The summed E-state index contributed by atoms with van der Waals surface area (Å²) in [6.45, 7) is 5.56. The van der Waals surface area contributed by atoms with E-state index in [1.807, 2.05) is 20.8 Å². The number of carbonyl (C=O) groups excluding carboxylic acids is 3. The Labute approximate surface area is 123 Å². The van der Waals surface area contributed by atoms with E-state index in [0.29, 0.717) is 12.2 Å². The first kappa shape index (κ1) is 15.2. The van der Waals surface area contributed by atoms with E-state index >= 15 is 0 Å². The van der Waals surface area contributed by atoms with Crippen LogP contribution in [0.3, 0.4) is 0 Å². The van der Waals surface area contributed by atoms with Crippen LogP contribution in [0.2, 0.25) is 0 Å². The van der Waals surface area contributed by atoms with Crippen molar-refractivity contribution < 1.29 is 23.9 Å². The van der Waals surface area contributed by atoms with Gasteiger partial charge in [-0.2, -0.15) is 0 Å². The fourth-order valence-electron chi connectivity index (χ4n) is 2.19. The first-order valence-electron chi connectivity index (χ1n) is 7.02. The summed E-state index contributed by atoms with van der Waals surface area (Å²) in [5.41, 5.74) is 0.540. The van der Waals surface area contributed by atoms with E-state index in [1.165, 1.54) is 6.07 Å². The van der Waals surface area contributed by atoms with E-state index in [2.05, 4.69) is 0 Å². The molecular formula is C16H18O5. The van der Waals surface area contributed by atoms with Crippen molar-refractivity contribution in [1.82, 2.24) is 0 Å². The molecule has 0 heterocycles. The highest BCUT2D eigenvalue weighted by Crippen LogP contribution is 2.28. The number of hydrogen-bond donors (Lipinski definition) is 0. The normalized spacial score (nSPS) is 17.0. The Morgan fingerprint density at radius 3 is 2.48 bits per heavy atom. The van der Waals surface area contributed by atoms with Crippen molar-refractivity contribution >= 4 is 17.5 Å². The van der Waals surface area contributed by atoms with Crippen molar-refractivity contribution in [1.29, 1.82) is 0 Å². The second-order valence-electron chi connectivity index (χ2n) is 5.22. The van der Waals surface area contributed by atoms with Crippen LogP contribution >= 0.6 is 0 Å². The van der Waals surface area contributed by atoms with Crippen LogP contribution in [0.4, 0.5) is 0 Å². The number of ketones is 2. The number of rotatable bonds is 5. The molecule has 0 saturated carbocycles. The molecule has 21 heavy (non-hydrogen) atoms. The lowest BCUT2D eigenvalue weighted by molar-refractivity contribution is -0.145. The van der Waals surface area contributed by atoms with Gasteiger partial charge in [0.25, 0.3) is 0 Å². The summed E-state index contributed by atoms with van der Waals surface area (Å²) in [6.07, 6.45) is -0.579. The molecule has 1 unspecified atom stereocenters. The smallest absolute Gasteiger partial charge is 0.306 e. The van der Waals surface area contributed by atoms with Gasteiger partial charge in [-0.05, 0) is 38.5 Å². The van der Waals surface area contributed by atoms with Crippen LogP contribution in [0, 0.1) is 0 Å². The minimum Gasteiger partial charge on any atom is -0.491 e. The zero-order valence-electron chi connectivity index (χ0n) is 12.3. The van der Waals surface area contributed by atoms with Gasteiger partial charge in [0.05, 0.1) is 6.10 Å². The van der Waals surface area contributed by atoms with Crippen molar-refractivity contribution in [2.45, 2.75) is 45.8 Å². The van der Waals surface area contributed by atoms with Crippen LogP contribution in [-0.2, 0) is 9.53 Å². The topological polar surface area (TPSA) is 69.7 Å². The van der Waals surface area contributed by atoms with Crippen molar-refractivity contribution in [2.24, 2.45) is 0 Å². The van der Waals surface area contributed by atoms with Gasteiger partial charge in [-0.15, -0.1) is 0 Å². The van der Waals surface area contributed by atoms with Gasteiger partial charge >= 0.3 is 5.97 Å². The third-order valence-electron chi connectivity index (χ3n) is 3.07. The predicted molar refractivity (Wildman–Crippen MR) is 75.7 cm³/mol. The summed E-state index contributed by atoms with van der Waals surface area (Å²) in [4.78, 5) is 35.9. The van der Waals surface area contributed by atoms with E-state index in [4.69, 9.17) is 9.47 Å². The van der Waals surface area contributed by atoms with E-state index < -0.39 is 23.6 Å². The highest BCUT2D eigenvalue weighted by Gasteiger charge is 2.41. The van der Waals surface area contributed by atoms with Gasteiger partial charge in [-0.25, -0.2) is 0 Å². The fraction of sp³-hybridized carbons (Fsp3) is 0.438. The van der Waals surface area contributed by atoms with Crippen LogP contribution < -0.4 is 4.74 Å². The Balaban J connectivity index is 2.23. The van der Waals surface area contributed by atoms with E-state index in [0.717, 1.165) is 0 Å². The Bertz CT molecular complexity index is 588. The van der Waals surface area contributed by atoms with Crippen molar-refractivity contribution in [3.63, 3.8) is 0 Å². The van der Waals surface area contributed by atoms with Gasteiger partial charge in [-0.1, -0.05) is 6.92 Å². The fourth-order valence-corrected chi connectivity index (χ4v) is 2.19. The molecule has 2 rings (SSSR count). The molecule has 0 saturated heterocycles. The van der Waals surface area contributed by atoms with Gasteiger partial charge in [0.15, 0.2) is 0 Å². The lowest BCUT2D eigenvalue weighted by atomic mass is 10.1. The van der Waals surface area contributed by atoms with Crippen LogP contribution in [-0.4, -0.2) is 29.7 Å². The maximum absolute atomic E-state index is 12.2. The zero-order chi connectivity index (χ0) is 15.6. The molecule has 1 aromatic rings. The Kier molecular flexibility index (Phi) is 4.40. The molecule has 5 nitrogen and oxygen atoms in total. The number of hydrogen-bond acceptors (Lipinski definition) is 5. The number of esters is 1. The Morgan fingerprint density at radius 2 is 1.86 bits per heavy atom. The second-order valence-corrected chi connectivity index (χ2v) is 5.22. The number of Topliss-reactive ketones (excluding diaryl/α,β-unsaturated/α-hetero) is 2. The monoisotopic (exact) mass is 290 g/mol. The average Bonchev–Trinajstić information content (AvgIpc) is 2.63. The molecule has 0 aromatic heterocycles.